The molecule has 0 aliphatic rings. The molecule has 0 aliphatic heterocycles. The van der Waals surface area contributed by atoms with E-state index in [0.717, 1.165) is 24.8 Å². The van der Waals surface area contributed by atoms with Gasteiger partial charge in [-0.2, -0.15) is 0 Å². The quantitative estimate of drug-likeness (QED) is 0.731. The normalized spacial score (nSPS) is 12.4. The van der Waals surface area contributed by atoms with Crippen molar-refractivity contribution in [2.75, 3.05) is 6.54 Å². The van der Waals surface area contributed by atoms with Crippen LogP contribution in [0.4, 0.5) is 4.39 Å². The molecular formula is C17H27FN2O. The highest BCUT2D eigenvalue weighted by Gasteiger charge is 2.11. The van der Waals surface area contributed by atoms with E-state index < -0.39 is 0 Å². The Morgan fingerprint density at radius 1 is 1.24 bits per heavy atom. The monoisotopic (exact) mass is 294 g/mol. The Balaban J connectivity index is 2.50. The lowest BCUT2D eigenvalue weighted by Gasteiger charge is -2.19. The molecule has 1 atom stereocenters. The number of carbonyl (C=O) groups excluding carboxylic acids is 1. The molecule has 0 fully saturated rings. The van der Waals surface area contributed by atoms with Crippen LogP contribution in [0, 0.1) is 5.82 Å². The van der Waals surface area contributed by atoms with Crippen molar-refractivity contribution < 1.29 is 9.18 Å². The predicted molar refractivity (Wildman–Crippen MR) is 84.6 cm³/mol. The summed E-state index contributed by atoms with van der Waals surface area (Å²) in [4.78, 5) is 11.6. The summed E-state index contributed by atoms with van der Waals surface area (Å²) in [7, 11) is 0. The third-order valence-electron chi connectivity index (χ3n) is 3.31. The number of nitrogens with one attached hydrogen (secondary N) is 2. The summed E-state index contributed by atoms with van der Waals surface area (Å²) in [5.41, 5.74) is 1.08. The van der Waals surface area contributed by atoms with Gasteiger partial charge in [0.05, 0.1) is 0 Å². The van der Waals surface area contributed by atoms with Crippen LogP contribution in [0.2, 0.25) is 0 Å². The van der Waals surface area contributed by atoms with Crippen molar-refractivity contribution in [3.8, 4) is 0 Å². The lowest BCUT2D eigenvalue weighted by molar-refractivity contribution is -0.121. The molecule has 0 bridgehead atoms. The first-order chi connectivity index (χ1) is 10.0. The molecule has 0 aliphatic carbocycles. The molecule has 0 heterocycles. The average Bonchev–Trinajstić information content (AvgIpc) is 2.43. The van der Waals surface area contributed by atoms with Gasteiger partial charge in [-0.05, 0) is 38.0 Å². The smallest absolute Gasteiger partial charge is 0.221 e. The minimum Gasteiger partial charge on any atom is -0.354 e. The molecule has 3 nitrogen and oxygen atoms in total. The van der Waals surface area contributed by atoms with Crippen LogP contribution < -0.4 is 10.6 Å². The molecule has 118 valence electrons. The number of halogens is 1. The first-order valence-electron chi connectivity index (χ1n) is 7.81. The van der Waals surface area contributed by atoms with E-state index in [1.807, 2.05) is 26.0 Å². The zero-order valence-corrected chi connectivity index (χ0v) is 13.3. The molecular weight excluding hydrogens is 267 g/mol. The Hall–Kier alpha value is -1.42. The molecule has 1 amide bonds. The molecule has 1 aromatic carbocycles. The lowest BCUT2D eigenvalue weighted by Crippen LogP contribution is -2.33. The van der Waals surface area contributed by atoms with Crippen molar-refractivity contribution in [1.29, 1.82) is 0 Å². The fraction of sp³-hybridized carbons (Fsp3) is 0.588. The van der Waals surface area contributed by atoms with E-state index >= 15 is 0 Å². The zero-order valence-electron chi connectivity index (χ0n) is 13.3. The van der Waals surface area contributed by atoms with E-state index in [-0.39, 0.29) is 23.8 Å². The molecule has 2 N–H and O–H groups in total. The average molecular weight is 294 g/mol. The fourth-order valence-corrected chi connectivity index (χ4v) is 2.24. The maximum absolute atomic E-state index is 13.0. The second-order valence-corrected chi connectivity index (χ2v) is 5.67. The molecule has 1 rings (SSSR count). The fourth-order valence-electron chi connectivity index (χ4n) is 2.24. The number of unbranched alkanes of at least 4 members (excludes halogenated alkanes) is 1. The zero-order chi connectivity index (χ0) is 15.7. The van der Waals surface area contributed by atoms with Crippen molar-refractivity contribution in [2.24, 2.45) is 0 Å². The van der Waals surface area contributed by atoms with Gasteiger partial charge in [-0.3, -0.25) is 4.79 Å². The highest BCUT2D eigenvalue weighted by molar-refractivity contribution is 5.76. The van der Waals surface area contributed by atoms with Gasteiger partial charge in [-0.25, -0.2) is 4.39 Å². The minimum atomic E-state index is -0.218. The second kappa shape index (κ2) is 9.50. The Kier molecular flexibility index (Phi) is 7.98. The molecule has 0 radical (unpaired) electrons. The predicted octanol–water partition coefficient (Wildman–Crippen LogP) is 3.56. The van der Waals surface area contributed by atoms with Gasteiger partial charge in [-0.1, -0.05) is 31.9 Å². The van der Waals surface area contributed by atoms with Gasteiger partial charge in [0.15, 0.2) is 0 Å². The van der Waals surface area contributed by atoms with Gasteiger partial charge in [0.2, 0.25) is 5.91 Å². The van der Waals surface area contributed by atoms with Crippen LogP contribution >= 0.6 is 0 Å². The molecule has 0 spiro atoms. The molecule has 1 unspecified atom stereocenters. The molecule has 21 heavy (non-hydrogen) atoms. The Morgan fingerprint density at radius 2 is 1.90 bits per heavy atom. The lowest BCUT2D eigenvalue weighted by atomic mass is 10.0. The summed E-state index contributed by atoms with van der Waals surface area (Å²) in [6, 6.07) is 6.96. The number of amides is 1. The summed E-state index contributed by atoms with van der Waals surface area (Å²) in [6.45, 7) is 6.68. The molecule has 0 saturated heterocycles. The van der Waals surface area contributed by atoms with Gasteiger partial charge >= 0.3 is 0 Å². The summed E-state index contributed by atoms with van der Waals surface area (Å²) < 4.78 is 13.0. The standard InChI is InChI=1S/C17H27FN2O/c1-4-5-6-16(14-7-9-15(18)10-8-14)19-12-11-17(21)20-13(2)3/h7-10,13,16,19H,4-6,11-12H2,1-3H3,(H,20,21). The number of rotatable bonds is 9. The summed E-state index contributed by atoms with van der Waals surface area (Å²) >= 11 is 0. The maximum atomic E-state index is 13.0. The SMILES string of the molecule is CCCCC(NCCC(=O)NC(C)C)c1ccc(F)cc1. The Morgan fingerprint density at radius 3 is 2.48 bits per heavy atom. The maximum Gasteiger partial charge on any atom is 0.221 e. The number of carbonyl (C=O) groups is 1. The van der Waals surface area contributed by atoms with Crippen LogP contribution in [0.1, 0.15) is 58.1 Å². The summed E-state index contributed by atoms with van der Waals surface area (Å²) in [6.07, 6.45) is 3.68. The first-order valence-corrected chi connectivity index (χ1v) is 7.81. The van der Waals surface area contributed by atoms with Gasteiger partial charge in [0.1, 0.15) is 5.82 Å². The molecule has 1 aromatic rings. The first kappa shape index (κ1) is 17.6. The van der Waals surface area contributed by atoms with Crippen LogP contribution in [-0.2, 0) is 4.79 Å². The highest BCUT2D eigenvalue weighted by atomic mass is 19.1. The van der Waals surface area contributed by atoms with Crippen molar-refractivity contribution in [3.05, 3.63) is 35.6 Å². The van der Waals surface area contributed by atoms with Gasteiger partial charge in [-0.15, -0.1) is 0 Å². The van der Waals surface area contributed by atoms with Crippen LogP contribution in [-0.4, -0.2) is 18.5 Å². The van der Waals surface area contributed by atoms with E-state index in [2.05, 4.69) is 17.6 Å². The van der Waals surface area contributed by atoms with E-state index in [4.69, 9.17) is 0 Å². The number of hydrogen-bond acceptors (Lipinski definition) is 2. The third-order valence-corrected chi connectivity index (χ3v) is 3.31. The Bertz CT molecular complexity index is 417. The van der Waals surface area contributed by atoms with Crippen LogP contribution in [0.5, 0.6) is 0 Å². The van der Waals surface area contributed by atoms with Crippen LogP contribution in [0.15, 0.2) is 24.3 Å². The number of hydrogen-bond donors (Lipinski definition) is 2. The van der Waals surface area contributed by atoms with Crippen molar-refractivity contribution in [1.82, 2.24) is 10.6 Å². The highest BCUT2D eigenvalue weighted by Crippen LogP contribution is 2.19. The van der Waals surface area contributed by atoms with Crippen LogP contribution in [0.25, 0.3) is 0 Å². The van der Waals surface area contributed by atoms with E-state index in [1.54, 1.807) is 0 Å². The topological polar surface area (TPSA) is 41.1 Å². The summed E-state index contributed by atoms with van der Waals surface area (Å²) in [5.74, 6) is -0.157. The second-order valence-electron chi connectivity index (χ2n) is 5.67. The van der Waals surface area contributed by atoms with Gasteiger partial charge in [0, 0.05) is 25.0 Å². The molecule has 4 heteroatoms. The third kappa shape index (κ3) is 7.23. The van der Waals surface area contributed by atoms with Crippen molar-refractivity contribution in [2.45, 2.75) is 58.5 Å². The molecule has 0 aromatic heterocycles. The van der Waals surface area contributed by atoms with Crippen molar-refractivity contribution >= 4 is 5.91 Å². The van der Waals surface area contributed by atoms with E-state index in [9.17, 15) is 9.18 Å². The largest absolute Gasteiger partial charge is 0.354 e. The Labute approximate surface area is 127 Å². The molecule has 0 saturated carbocycles. The minimum absolute atomic E-state index is 0.0610. The summed E-state index contributed by atoms with van der Waals surface area (Å²) in [5, 5.41) is 6.29. The van der Waals surface area contributed by atoms with Crippen molar-refractivity contribution in [3.63, 3.8) is 0 Å². The van der Waals surface area contributed by atoms with Gasteiger partial charge < -0.3 is 10.6 Å². The number of benzene rings is 1. The van der Waals surface area contributed by atoms with E-state index in [0.29, 0.717) is 13.0 Å². The van der Waals surface area contributed by atoms with Crippen LogP contribution in [0.3, 0.4) is 0 Å². The van der Waals surface area contributed by atoms with E-state index in [1.165, 1.54) is 12.1 Å². The van der Waals surface area contributed by atoms with Gasteiger partial charge in [0.25, 0.3) is 0 Å².